The third-order valence-electron chi connectivity index (χ3n) is 5.93. The van der Waals surface area contributed by atoms with E-state index in [1.807, 2.05) is 31.2 Å². The minimum absolute atomic E-state index is 0.0386. The van der Waals surface area contributed by atoms with E-state index < -0.39 is 17.8 Å². The van der Waals surface area contributed by atoms with Gasteiger partial charge >= 0.3 is 0 Å². The van der Waals surface area contributed by atoms with Crippen molar-refractivity contribution in [2.75, 3.05) is 0 Å². The molecular weight excluding hydrogens is 407 g/mol. The average Bonchev–Trinajstić information content (AvgIpc) is 3.50. The summed E-state index contributed by atoms with van der Waals surface area (Å²) in [6, 6.07) is 15.9. The molecule has 0 spiro atoms. The van der Waals surface area contributed by atoms with E-state index in [1.54, 1.807) is 30.3 Å². The zero-order chi connectivity index (χ0) is 22.5. The molecule has 1 aliphatic carbocycles. The Morgan fingerprint density at radius 3 is 2.44 bits per heavy atom. The van der Waals surface area contributed by atoms with Gasteiger partial charge < -0.3 is 14.6 Å². The van der Waals surface area contributed by atoms with Crippen molar-refractivity contribution in [3.05, 3.63) is 95.2 Å². The van der Waals surface area contributed by atoms with Gasteiger partial charge in [-0.15, -0.1) is 0 Å². The predicted molar refractivity (Wildman–Crippen MR) is 119 cm³/mol. The van der Waals surface area contributed by atoms with Gasteiger partial charge in [-0.1, -0.05) is 60.9 Å². The lowest BCUT2D eigenvalue weighted by Crippen LogP contribution is -2.46. The molecule has 1 aromatic heterocycles. The van der Waals surface area contributed by atoms with Crippen LogP contribution in [0.25, 0.3) is 0 Å². The number of aryl methyl sites for hydroxylation is 1. The van der Waals surface area contributed by atoms with E-state index in [9.17, 15) is 14.0 Å². The first-order valence-corrected chi connectivity index (χ1v) is 11.0. The summed E-state index contributed by atoms with van der Waals surface area (Å²) in [7, 11) is 0. The molecule has 1 aliphatic rings. The molecule has 1 atom stereocenters. The lowest BCUT2D eigenvalue weighted by atomic mass is 10.0. The third kappa shape index (κ3) is 4.90. The van der Waals surface area contributed by atoms with E-state index in [2.05, 4.69) is 5.32 Å². The number of nitrogens with one attached hydrogen (secondary N) is 1. The van der Waals surface area contributed by atoms with Crippen LogP contribution in [0.3, 0.4) is 0 Å². The van der Waals surface area contributed by atoms with Gasteiger partial charge in [-0.05, 0) is 43.5 Å². The second-order valence-corrected chi connectivity index (χ2v) is 8.31. The first kappa shape index (κ1) is 21.8. The summed E-state index contributed by atoms with van der Waals surface area (Å²) in [5, 5.41) is 3.05. The number of furan rings is 1. The van der Waals surface area contributed by atoms with Crippen LogP contribution in [0.5, 0.6) is 0 Å². The number of rotatable bonds is 7. The summed E-state index contributed by atoms with van der Waals surface area (Å²) in [4.78, 5) is 28.4. The maximum absolute atomic E-state index is 14.9. The maximum atomic E-state index is 14.9. The molecule has 0 bridgehead atoms. The van der Waals surface area contributed by atoms with E-state index in [0.717, 1.165) is 36.8 Å². The first-order chi connectivity index (χ1) is 15.5. The quantitative estimate of drug-likeness (QED) is 0.558. The van der Waals surface area contributed by atoms with Crippen LogP contribution in [0.4, 0.5) is 4.39 Å². The Kier molecular flexibility index (Phi) is 6.69. The highest BCUT2D eigenvalue weighted by atomic mass is 19.1. The second kappa shape index (κ2) is 9.81. The summed E-state index contributed by atoms with van der Waals surface area (Å²) < 4.78 is 20.3. The number of halogens is 1. The minimum atomic E-state index is -1.13. The highest BCUT2D eigenvalue weighted by molar-refractivity contribution is 5.96. The highest BCUT2D eigenvalue weighted by Gasteiger charge is 2.36. The van der Waals surface area contributed by atoms with Crippen LogP contribution in [0.15, 0.2) is 71.3 Å². The summed E-state index contributed by atoms with van der Waals surface area (Å²) in [5.74, 6) is -1.27. The SMILES string of the molecule is Cc1ccc(CN(C(=O)c2ccco2)[C@H](C(=O)NC2CCCC2)c2ccccc2F)cc1. The van der Waals surface area contributed by atoms with Crippen molar-refractivity contribution in [1.82, 2.24) is 10.2 Å². The van der Waals surface area contributed by atoms with E-state index >= 15 is 0 Å². The Morgan fingerprint density at radius 2 is 1.78 bits per heavy atom. The molecule has 3 aromatic rings. The van der Waals surface area contributed by atoms with Gasteiger partial charge in [-0.2, -0.15) is 0 Å². The number of benzene rings is 2. The van der Waals surface area contributed by atoms with E-state index in [0.29, 0.717) is 0 Å². The molecule has 0 aliphatic heterocycles. The largest absolute Gasteiger partial charge is 0.459 e. The molecule has 1 saturated carbocycles. The molecule has 0 radical (unpaired) electrons. The molecule has 0 unspecified atom stereocenters. The molecular formula is C26H27FN2O3. The summed E-state index contributed by atoms with van der Waals surface area (Å²) in [6.45, 7) is 2.11. The fraction of sp³-hybridized carbons (Fsp3) is 0.308. The molecule has 5 nitrogen and oxygen atoms in total. The summed E-state index contributed by atoms with van der Waals surface area (Å²) >= 11 is 0. The number of carbonyl (C=O) groups is 2. The number of amides is 2. The van der Waals surface area contributed by atoms with Gasteiger partial charge in [0, 0.05) is 18.2 Å². The Bertz CT molecular complexity index is 1060. The minimum Gasteiger partial charge on any atom is -0.459 e. The fourth-order valence-electron chi connectivity index (χ4n) is 4.21. The Morgan fingerprint density at radius 1 is 1.06 bits per heavy atom. The van der Waals surface area contributed by atoms with Crippen LogP contribution in [0.2, 0.25) is 0 Å². The maximum Gasteiger partial charge on any atom is 0.290 e. The molecule has 4 rings (SSSR count). The van der Waals surface area contributed by atoms with Gasteiger partial charge in [0.1, 0.15) is 11.9 Å². The third-order valence-corrected chi connectivity index (χ3v) is 5.93. The summed E-state index contributed by atoms with van der Waals surface area (Å²) in [6.07, 6.45) is 5.29. The van der Waals surface area contributed by atoms with Gasteiger partial charge in [0.2, 0.25) is 5.91 Å². The van der Waals surface area contributed by atoms with Crippen molar-refractivity contribution >= 4 is 11.8 Å². The first-order valence-electron chi connectivity index (χ1n) is 11.0. The Hall–Kier alpha value is -3.41. The van der Waals surface area contributed by atoms with E-state index in [1.165, 1.54) is 17.2 Å². The normalized spacial score (nSPS) is 14.8. The number of hydrogen-bond acceptors (Lipinski definition) is 3. The molecule has 1 N–H and O–H groups in total. The van der Waals surface area contributed by atoms with Crippen LogP contribution >= 0.6 is 0 Å². The van der Waals surface area contributed by atoms with E-state index in [4.69, 9.17) is 4.42 Å². The van der Waals surface area contributed by atoms with E-state index in [-0.39, 0.29) is 29.8 Å². The molecule has 0 saturated heterocycles. The van der Waals surface area contributed by atoms with Crippen LogP contribution < -0.4 is 5.32 Å². The van der Waals surface area contributed by atoms with Gasteiger partial charge in [0.05, 0.1) is 6.26 Å². The van der Waals surface area contributed by atoms with Crippen LogP contribution in [0.1, 0.15) is 59.0 Å². The van der Waals surface area contributed by atoms with Crippen molar-refractivity contribution < 1.29 is 18.4 Å². The fourth-order valence-corrected chi connectivity index (χ4v) is 4.21. The number of carbonyl (C=O) groups excluding carboxylic acids is 2. The molecule has 1 fully saturated rings. The Labute approximate surface area is 187 Å². The molecule has 2 aromatic carbocycles. The van der Waals surface area contributed by atoms with Crippen molar-refractivity contribution in [2.45, 2.75) is 51.2 Å². The lowest BCUT2D eigenvalue weighted by Gasteiger charge is -2.32. The summed E-state index contributed by atoms with van der Waals surface area (Å²) in [5.41, 5.74) is 2.09. The number of nitrogens with zero attached hydrogens (tertiary/aromatic N) is 1. The standard InChI is InChI=1S/C26H27FN2O3/c1-18-12-14-19(15-13-18)17-29(26(31)23-11-6-16-32-23)24(21-9-4-5-10-22(21)27)25(30)28-20-7-2-3-8-20/h4-6,9-16,20,24H,2-3,7-8,17H2,1H3,(H,28,30)/t24-/m0/s1. The molecule has 6 heteroatoms. The zero-order valence-electron chi connectivity index (χ0n) is 18.1. The Balaban J connectivity index is 1.75. The molecule has 166 valence electrons. The van der Waals surface area contributed by atoms with Crippen LogP contribution in [-0.2, 0) is 11.3 Å². The van der Waals surface area contributed by atoms with Gasteiger partial charge in [0.15, 0.2) is 5.76 Å². The van der Waals surface area contributed by atoms with Crippen LogP contribution in [-0.4, -0.2) is 22.8 Å². The second-order valence-electron chi connectivity index (χ2n) is 8.31. The van der Waals surface area contributed by atoms with Gasteiger partial charge in [0.25, 0.3) is 5.91 Å². The zero-order valence-corrected chi connectivity index (χ0v) is 18.1. The number of hydrogen-bond donors (Lipinski definition) is 1. The van der Waals surface area contributed by atoms with Crippen molar-refractivity contribution in [2.24, 2.45) is 0 Å². The lowest BCUT2D eigenvalue weighted by molar-refractivity contribution is -0.127. The molecule has 2 amide bonds. The van der Waals surface area contributed by atoms with Gasteiger partial charge in [-0.25, -0.2) is 4.39 Å². The predicted octanol–water partition coefficient (Wildman–Crippen LogP) is 5.17. The smallest absolute Gasteiger partial charge is 0.290 e. The van der Waals surface area contributed by atoms with Crippen LogP contribution in [0, 0.1) is 12.7 Å². The molecule has 1 heterocycles. The topological polar surface area (TPSA) is 62.6 Å². The van der Waals surface area contributed by atoms with Crippen molar-refractivity contribution in [1.29, 1.82) is 0 Å². The molecule has 32 heavy (non-hydrogen) atoms. The highest BCUT2D eigenvalue weighted by Crippen LogP contribution is 2.29. The van der Waals surface area contributed by atoms with Gasteiger partial charge in [-0.3, -0.25) is 9.59 Å². The average molecular weight is 435 g/mol. The van der Waals surface area contributed by atoms with Crippen molar-refractivity contribution in [3.63, 3.8) is 0 Å². The monoisotopic (exact) mass is 434 g/mol. The van der Waals surface area contributed by atoms with Crippen molar-refractivity contribution in [3.8, 4) is 0 Å².